The van der Waals surface area contributed by atoms with Crippen LogP contribution in [0.4, 0.5) is 9.80 Å². The third-order valence-electron chi connectivity index (χ3n) is 5.65. The maximum absolute atomic E-state index is 12.7. The molecule has 9 heteroatoms. The molecule has 3 amide bonds. The van der Waals surface area contributed by atoms with Gasteiger partial charge in [0.05, 0.1) is 10.4 Å². The number of rotatable bonds is 9. The van der Waals surface area contributed by atoms with Crippen LogP contribution in [-0.4, -0.2) is 30.1 Å². The number of nitrogens with one attached hydrogen (secondary N) is 2. The maximum Gasteiger partial charge on any atom is 0.323 e. The summed E-state index contributed by atoms with van der Waals surface area (Å²) in [5, 5.41) is 6.02. The van der Waals surface area contributed by atoms with Crippen molar-refractivity contribution in [1.29, 1.82) is 0 Å². The molecule has 35 heavy (non-hydrogen) atoms. The quantitative estimate of drug-likeness (QED) is 0.310. The maximum atomic E-state index is 12.7. The Kier molecular flexibility index (Phi) is 9.29. The number of hydrogen-bond donors (Lipinski definition) is 4. The SMILES string of the molecule is CC(C)C[C@H](NCc1ccc(C#Cc2cc(C(N)=O)c(NC(N)=O)s2)cc1)C(=O)OC1CCCC1. The number of urea groups is 1. The lowest BCUT2D eigenvalue weighted by Crippen LogP contribution is -2.40. The molecule has 0 unspecified atom stereocenters. The zero-order valence-electron chi connectivity index (χ0n) is 20.1. The summed E-state index contributed by atoms with van der Waals surface area (Å²) >= 11 is 1.13. The molecule has 1 aromatic heterocycles. The van der Waals surface area contributed by atoms with Gasteiger partial charge in [0.15, 0.2) is 0 Å². The first-order valence-electron chi connectivity index (χ1n) is 11.8. The number of anilines is 1. The average molecular weight is 497 g/mol. The Bertz CT molecular complexity index is 1110. The molecule has 1 atom stereocenters. The fourth-order valence-corrected chi connectivity index (χ4v) is 4.83. The summed E-state index contributed by atoms with van der Waals surface area (Å²) in [6, 6.07) is 8.11. The van der Waals surface area contributed by atoms with Crippen LogP contribution >= 0.6 is 11.3 Å². The van der Waals surface area contributed by atoms with Gasteiger partial charge in [-0.1, -0.05) is 37.8 Å². The highest BCUT2D eigenvalue weighted by molar-refractivity contribution is 7.17. The summed E-state index contributed by atoms with van der Waals surface area (Å²) in [6.07, 6.45) is 4.94. The number of carbonyl (C=O) groups excluding carboxylic acids is 3. The molecule has 0 bridgehead atoms. The van der Waals surface area contributed by atoms with Crippen molar-refractivity contribution in [1.82, 2.24) is 5.32 Å². The first-order valence-corrected chi connectivity index (χ1v) is 12.6. The molecule has 0 saturated heterocycles. The highest BCUT2D eigenvalue weighted by Gasteiger charge is 2.26. The minimum Gasteiger partial charge on any atom is -0.461 e. The highest BCUT2D eigenvalue weighted by Crippen LogP contribution is 2.27. The van der Waals surface area contributed by atoms with Crippen molar-refractivity contribution in [3.05, 3.63) is 51.9 Å². The summed E-state index contributed by atoms with van der Waals surface area (Å²) in [5.41, 5.74) is 12.5. The Morgan fingerprint density at radius 2 is 1.80 bits per heavy atom. The number of esters is 1. The molecule has 0 aliphatic heterocycles. The van der Waals surface area contributed by atoms with Crippen LogP contribution in [0.2, 0.25) is 0 Å². The molecule has 1 aromatic carbocycles. The van der Waals surface area contributed by atoms with Crippen molar-refractivity contribution in [2.24, 2.45) is 17.4 Å². The Morgan fingerprint density at radius 1 is 1.11 bits per heavy atom. The van der Waals surface area contributed by atoms with Gasteiger partial charge in [0.1, 0.15) is 17.1 Å². The predicted molar refractivity (Wildman–Crippen MR) is 137 cm³/mol. The second-order valence-corrected chi connectivity index (χ2v) is 10.1. The van der Waals surface area contributed by atoms with Crippen molar-refractivity contribution in [3.8, 4) is 11.8 Å². The molecule has 6 N–H and O–H groups in total. The Hall–Kier alpha value is -3.35. The van der Waals surface area contributed by atoms with Crippen molar-refractivity contribution >= 4 is 34.2 Å². The monoisotopic (exact) mass is 496 g/mol. The second-order valence-electron chi connectivity index (χ2n) is 9.06. The lowest BCUT2D eigenvalue weighted by atomic mass is 10.0. The number of amides is 3. The summed E-state index contributed by atoms with van der Waals surface area (Å²) in [6.45, 7) is 4.73. The standard InChI is InChI=1S/C26H32N4O4S/c1-16(2)13-22(25(32)34-19-5-3-4-6-19)29-15-18-9-7-17(8-10-18)11-12-20-14-21(23(27)31)24(35-20)30-26(28)33/h7-10,14,16,19,22,29H,3-6,13,15H2,1-2H3,(H2,27,31)(H3,28,30,33)/t22-/m0/s1. The van der Waals surface area contributed by atoms with E-state index < -0.39 is 11.9 Å². The van der Waals surface area contributed by atoms with E-state index in [2.05, 4.69) is 36.3 Å². The molecule has 8 nitrogen and oxygen atoms in total. The molecule has 0 spiro atoms. The smallest absolute Gasteiger partial charge is 0.323 e. The van der Waals surface area contributed by atoms with E-state index in [0.29, 0.717) is 17.3 Å². The summed E-state index contributed by atoms with van der Waals surface area (Å²) in [4.78, 5) is 36.0. The predicted octanol–water partition coefficient (Wildman–Crippen LogP) is 3.73. The van der Waals surface area contributed by atoms with E-state index in [-0.39, 0.29) is 28.7 Å². The number of hydrogen-bond acceptors (Lipinski definition) is 6. The first kappa shape index (κ1) is 26.3. The van der Waals surface area contributed by atoms with Gasteiger partial charge in [0.2, 0.25) is 0 Å². The van der Waals surface area contributed by atoms with Crippen molar-refractivity contribution in [2.45, 2.75) is 64.6 Å². The molecule has 3 rings (SSSR count). The molecule has 1 fully saturated rings. The first-order chi connectivity index (χ1) is 16.7. The molecule has 2 aromatic rings. The van der Waals surface area contributed by atoms with Gasteiger partial charge in [-0.05, 0) is 61.8 Å². The summed E-state index contributed by atoms with van der Waals surface area (Å²) in [7, 11) is 0. The minimum atomic E-state index is -0.777. The molecule has 1 aliphatic rings. The van der Waals surface area contributed by atoms with E-state index in [4.69, 9.17) is 16.2 Å². The number of thiophene rings is 1. The summed E-state index contributed by atoms with van der Waals surface area (Å²) < 4.78 is 5.72. The minimum absolute atomic E-state index is 0.0573. The number of ether oxygens (including phenoxy) is 1. The van der Waals surface area contributed by atoms with Gasteiger partial charge in [-0.15, -0.1) is 11.3 Å². The van der Waals surface area contributed by atoms with Gasteiger partial charge in [0.25, 0.3) is 5.91 Å². The third-order valence-corrected chi connectivity index (χ3v) is 6.61. The molecule has 1 heterocycles. The number of nitrogens with two attached hydrogens (primary N) is 2. The fourth-order valence-electron chi connectivity index (χ4n) is 3.91. The highest BCUT2D eigenvalue weighted by atomic mass is 32.1. The van der Waals surface area contributed by atoms with Crippen LogP contribution in [0.25, 0.3) is 0 Å². The molecule has 0 radical (unpaired) electrons. The second kappa shape index (κ2) is 12.4. The van der Waals surface area contributed by atoms with E-state index in [1.807, 2.05) is 24.3 Å². The van der Waals surface area contributed by atoms with E-state index in [0.717, 1.165) is 54.6 Å². The van der Waals surface area contributed by atoms with Crippen molar-refractivity contribution in [3.63, 3.8) is 0 Å². The van der Waals surface area contributed by atoms with Gasteiger partial charge in [-0.2, -0.15) is 0 Å². The largest absolute Gasteiger partial charge is 0.461 e. The lowest BCUT2D eigenvalue weighted by Gasteiger charge is -2.21. The topological polar surface area (TPSA) is 137 Å². The van der Waals surface area contributed by atoms with Gasteiger partial charge in [0, 0.05) is 12.1 Å². The van der Waals surface area contributed by atoms with Gasteiger partial charge in [-0.3, -0.25) is 14.9 Å². The lowest BCUT2D eigenvalue weighted by molar-refractivity contribution is -0.151. The summed E-state index contributed by atoms with van der Waals surface area (Å²) in [5.74, 6) is 5.56. The van der Waals surface area contributed by atoms with Crippen LogP contribution in [0.3, 0.4) is 0 Å². The third kappa shape index (κ3) is 8.12. The number of carbonyl (C=O) groups is 3. The van der Waals surface area contributed by atoms with Crippen LogP contribution in [0.15, 0.2) is 30.3 Å². The Morgan fingerprint density at radius 3 is 2.40 bits per heavy atom. The van der Waals surface area contributed by atoms with Crippen LogP contribution in [0.1, 0.15) is 72.3 Å². The normalized spacial score (nSPS) is 14.3. The molecule has 1 saturated carbocycles. The average Bonchev–Trinajstić information content (AvgIpc) is 3.45. The fraction of sp³-hybridized carbons (Fsp3) is 0.423. The molecular weight excluding hydrogens is 464 g/mol. The van der Waals surface area contributed by atoms with Crippen molar-refractivity contribution in [2.75, 3.05) is 5.32 Å². The molecular formula is C26H32N4O4S. The van der Waals surface area contributed by atoms with Crippen LogP contribution in [0.5, 0.6) is 0 Å². The van der Waals surface area contributed by atoms with Gasteiger partial charge < -0.3 is 21.5 Å². The van der Waals surface area contributed by atoms with Crippen molar-refractivity contribution < 1.29 is 19.1 Å². The Balaban J connectivity index is 1.61. The van der Waals surface area contributed by atoms with Crippen LogP contribution in [-0.2, 0) is 16.1 Å². The van der Waals surface area contributed by atoms with Crippen LogP contribution < -0.4 is 22.1 Å². The molecule has 1 aliphatic carbocycles. The Labute approximate surface area is 209 Å². The van der Waals surface area contributed by atoms with E-state index in [1.165, 1.54) is 6.07 Å². The zero-order chi connectivity index (χ0) is 25.4. The van der Waals surface area contributed by atoms with Gasteiger partial charge >= 0.3 is 12.0 Å². The van der Waals surface area contributed by atoms with E-state index in [1.54, 1.807) is 0 Å². The molecule has 186 valence electrons. The number of primary amides is 2. The number of benzene rings is 1. The van der Waals surface area contributed by atoms with Crippen LogP contribution in [0, 0.1) is 17.8 Å². The van der Waals surface area contributed by atoms with E-state index in [9.17, 15) is 14.4 Å². The van der Waals surface area contributed by atoms with E-state index >= 15 is 0 Å². The zero-order valence-corrected chi connectivity index (χ0v) is 20.9. The van der Waals surface area contributed by atoms with Gasteiger partial charge in [-0.25, -0.2) is 4.79 Å².